The zero-order valence-corrected chi connectivity index (χ0v) is 14.7. The highest BCUT2D eigenvalue weighted by atomic mass is 79.9. The van der Waals surface area contributed by atoms with Crippen LogP contribution in [0.5, 0.6) is 11.5 Å². The highest BCUT2D eigenvalue weighted by Gasteiger charge is 2.03. The van der Waals surface area contributed by atoms with Gasteiger partial charge in [-0.2, -0.15) is 0 Å². The van der Waals surface area contributed by atoms with Gasteiger partial charge in [-0.25, -0.2) is 0 Å². The summed E-state index contributed by atoms with van der Waals surface area (Å²) in [5.41, 5.74) is 2.59. The molecule has 2 rings (SSSR count). The van der Waals surface area contributed by atoms with E-state index in [0.29, 0.717) is 0 Å². The molecule has 0 bridgehead atoms. The Bertz CT molecular complexity index is 549. The second-order valence-electron chi connectivity index (χ2n) is 4.74. The van der Waals surface area contributed by atoms with Crippen molar-refractivity contribution < 1.29 is 4.74 Å². The molecule has 0 radical (unpaired) electrons. The van der Waals surface area contributed by atoms with Crippen molar-refractivity contribution in [2.75, 3.05) is 0 Å². The molecule has 106 valence electrons. The number of benzene rings is 2. The van der Waals surface area contributed by atoms with Crippen molar-refractivity contribution in [1.29, 1.82) is 0 Å². The standard InChI is InChI=1S/C17H18Br2O/c1-2-3-4-13-5-8-15(9-6-13)20-16-10-7-14(12-18)17(19)11-16/h5-11H,2-4,12H2,1H3. The number of halogens is 2. The van der Waals surface area contributed by atoms with Gasteiger partial charge in [-0.15, -0.1) is 0 Å². The summed E-state index contributed by atoms with van der Waals surface area (Å²) in [5.74, 6) is 1.73. The van der Waals surface area contributed by atoms with Crippen molar-refractivity contribution in [3.63, 3.8) is 0 Å². The molecule has 0 unspecified atom stereocenters. The van der Waals surface area contributed by atoms with E-state index in [4.69, 9.17) is 4.74 Å². The molecule has 3 heteroatoms. The molecule has 0 aliphatic rings. The second-order valence-corrected chi connectivity index (χ2v) is 6.15. The fourth-order valence-corrected chi connectivity index (χ4v) is 3.30. The Morgan fingerprint density at radius 3 is 2.30 bits per heavy atom. The van der Waals surface area contributed by atoms with Gasteiger partial charge in [0.2, 0.25) is 0 Å². The van der Waals surface area contributed by atoms with Crippen LogP contribution < -0.4 is 4.74 Å². The second kappa shape index (κ2) is 7.84. The molecule has 0 saturated carbocycles. The maximum atomic E-state index is 5.87. The number of aryl methyl sites for hydroxylation is 1. The molecule has 2 aromatic rings. The summed E-state index contributed by atoms with van der Waals surface area (Å²) in [6.45, 7) is 2.21. The highest BCUT2D eigenvalue weighted by Crippen LogP contribution is 2.28. The van der Waals surface area contributed by atoms with E-state index < -0.39 is 0 Å². The molecule has 0 aliphatic heterocycles. The molecule has 0 fully saturated rings. The molecule has 0 aromatic heterocycles. The number of ether oxygens (including phenoxy) is 1. The molecule has 20 heavy (non-hydrogen) atoms. The molecule has 0 spiro atoms. The van der Waals surface area contributed by atoms with Crippen LogP contribution in [0.3, 0.4) is 0 Å². The minimum atomic E-state index is 0.833. The van der Waals surface area contributed by atoms with Gasteiger partial charge >= 0.3 is 0 Å². The van der Waals surface area contributed by atoms with E-state index in [2.05, 4.69) is 57.0 Å². The zero-order valence-electron chi connectivity index (χ0n) is 11.5. The van der Waals surface area contributed by atoms with Crippen LogP contribution in [0, 0.1) is 0 Å². The van der Waals surface area contributed by atoms with E-state index in [-0.39, 0.29) is 0 Å². The Morgan fingerprint density at radius 1 is 1.00 bits per heavy atom. The van der Waals surface area contributed by atoms with Crippen LogP contribution in [0.2, 0.25) is 0 Å². The molecule has 0 aliphatic carbocycles. The van der Waals surface area contributed by atoms with Gasteiger partial charge in [0.05, 0.1) is 0 Å². The maximum Gasteiger partial charge on any atom is 0.128 e. The number of hydrogen-bond donors (Lipinski definition) is 0. The van der Waals surface area contributed by atoms with Gasteiger partial charge in [0.1, 0.15) is 11.5 Å². The first-order valence-corrected chi connectivity index (χ1v) is 8.75. The third kappa shape index (κ3) is 4.35. The first-order chi connectivity index (χ1) is 9.72. The molecule has 0 amide bonds. The molecule has 0 saturated heterocycles. The van der Waals surface area contributed by atoms with Crippen LogP contribution in [-0.4, -0.2) is 0 Å². The van der Waals surface area contributed by atoms with Gasteiger partial charge in [-0.3, -0.25) is 0 Å². The van der Waals surface area contributed by atoms with Crippen LogP contribution >= 0.6 is 31.9 Å². The average molecular weight is 398 g/mol. The largest absolute Gasteiger partial charge is 0.457 e. The molecular weight excluding hydrogens is 380 g/mol. The van der Waals surface area contributed by atoms with Crippen LogP contribution in [0.25, 0.3) is 0 Å². The third-order valence-corrected chi connectivity index (χ3v) is 4.49. The van der Waals surface area contributed by atoms with Crippen molar-refractivity contribution >= 4 is 31.9 Å². The van der Waals surface area contributed by atoms with E-state index in [1.807, 2.05) is 24.3 Å². The van der Waals surface area contributed by atoms with E-state index in [1.54, 1.807) is 0 Å². The van der Waals surface area contributed by atoms with E-state index in [1.165, 1.54) is 24.0 Å². The number of unbranched alkanes of at least 4 members (excludes halogenated alkanes) is 1. The van der Waals surface area contributed by atoms with E-state index in [0.717, 1.165) is 27.7 Å². The lowest BCUT2D eigenvalue weighted by molar-refractivity contribution is 0.482. The van der Waals surface area contributed by atoms with Crippen molar-refractivity contribution in [2.45, 2.75) is 31.5 Å². The number of alkyl halides is 1. The van der Waals surface area contributed by atoms with E-state index in [9.17, 15) is 0 Å². The summed E-state index contributed by atoms with van der Waals surface area (Å²) >= 11 is 7.01. The molecule has 1 nitrogen and oxygen atoms in total. The Hall–Kier alpha value is -0.800. The van der Waals surface area contributed by atoms with E-state index >= 15 is 0 Å². The summed E-state index contributed by atoms with van der Waals surface area (Å²) in [6.07, 6.45) is 3.61. The van der Waals surface area contributed by atoms with Crippen LogP contribution in [-0.2, 0) is 11.8 Å². The van der Waals surface area contributed by atoms with Gasteiger partial charge in [0, 0.05) is 9.80 Å². The number of rotatable bonds is 6. The quantitative estimate of drug-likeness (QED) is 0.507. The van der Waals surface area contributed by atoms with Gasteiger partial charge in [-0.05, 0) is 48.2 Å². The SMILES string of the molecule is CCCCc1ccc(Oc2ccc(CBr)c(Br)c2)cc1. The lowest BCUT2D eigenvalue weighted by Crippen LogP contribution is -1.88. The number of hydrogen-bond acceptors (Lipinski definition) is 1. The Labute approximate surface area is 137 Å². The van der Waals surface area contributed by atoms with Crippen molar-refractivity contribution in [2.24, 2.45) is 0 Å². The van der Waals surface area contributed by atoms with Gasteiger partial charge in [0.15, 0.2) is 0 Å². The molecule has 0 N–H and O–H groups in total. The third-order valence-electron chi connectivity index (χ3n) is 3.15. The van der Waals surface area contributed by atoms with Crippen molar-refractivity contribution in [3.05, 3.63) is 58.1 Å². The summed E-state index contributed by atoms with van der Waals surface area (Å²) in [4.78, 5) is 0. The monoisotopic (exact) mass is 396 g/mol. The topological polar surface area (TPSA) is 9.23 Å². The lowest BCUT2D eigenvalue weighted by atomic mass is 10.1. The predicted octanol–water partition coefficient (Wildman–Crippen LogP) is 6.48. The lowest BCUT2D eigenvalue weighted by Gasteiger charge is -2.08. The fraction of sp³-hybridized carbons (Fsp3) is 0.294. The zero-order chi connectivity index (χ0) is 14.4. The highest BCUT2D eigenvalue weighted by molar-refractivity contribution is 9.10. The molecule has 0 atom stereocenters. The first kappa shape index (κ1) is 15.6. The summed E-state index contributed by atoms with van der Waals surface area (Å²) < 4.78 is 6.93. The first-order valence-electron chi connectivity index (χ1n) is 6.84. The average Bonchev–Trinajstić information content (AvgIpc) is 2.47. The molecule has 0 heterocycles. The maximum absolute atomic E-state index is 5.87. The van der Waals surface area contributed by atoms with Crippen LogP contribution in [0.1, 0.15) is 30.9 Å². The molecular formula is C17H18Br2O. The summed E-state index contributed by atoms with van der Waals surface area (Å²) in [7, 11) is 0. The summed E-state index contributed by atoms with van der Waals surface area (Å²) in [5, 5.41) is 0.833. The van der Waals surface area contributed by atoms with Gasteiger partial charge in [0.25, 0.3) is 0 Å². The Balaban J connectivity index is 2.04. The van der Waals surface area contributed by atoms with Gasteiger partial charge < -0.3 is 4.74 Å². The smallest absolute Gasteiger partial charge is 0.128 e. The summed E-state index contributed by atoms with van der Waals surface area (Å²) in [6, 6.07) is 14.4. The van der Waals surface area contributed by atoms with Gasteiger partial charge in [-0.1, -0.05) is 63.4 Å². The fourth-order valence-electron chi connectivity index (χ4n) is 1.94. The Morgan fingerprint density at radius 2 is 1.70 bits per heavy atom. The minimum absolute atomic E-state index is 0.833. The molecule has 2 aromatic carbocycles. The van der Waals surface area contributed by atoms with Crippen LogP contribution in [0.4, 0.5) is 0 Å². The predicted molar refractivity (Wildman–Crippen MR) is 91.9 cm³/mol. The van der Waals surface area contributed by atoms with Crippen molar-refractivity contribution in [3.8, 4) is 11.5 Å². The minimum Gasteiger partial charge on any atom is -0.457 e. The van der Waals surface area contributed by atoms with Crippen molar-refractivity contribution in [1.82, 2.24) is 0 Å². The normalized spacial score (nSPS) is 10.6. The van der Waals surface area contributed by atoms with Crippen LogP contribution in [0.15, 0.2) is 46.9 Å². The Kier molecular flexibility index (Phi) is 6.11.